The molecule has 3 aromatic rings. The fourth-order valence-electron chi connectivity index (χ4n) is 3.97. The number of nitrogens with zero attached hydrogens (tertiary/aromatic N) is 5. The zero-order valence-electron chi connectivity index (χ0n) is 15.7. The fraction of sp³-hybridized carbons (Fsp3) is 0.500. The standard InChI is InChI=1S/C18H23N7O2/c1-10(11-6-4-5-7-11)24(2)16-12-8-14(21-22-15(12)25(3)23-16)13-9-19-18(27)20-17(13)26/h8-11H,4-7H2,1-3H3,(H2,19,20,26,27). The second-order valence-electron chi connectivity index (χ2n) is 7.30. The monoisotopic (exact) mass is 369 g/mol. The van der Waals surface area contributed by atoms with Gasteiger partial charge in [-0.2, -0.15) is 5.10 Å². The highest BCUT2D eigenvalue weighted by Gasteiger charge is 2.27. The largest absolute Gasteiger partial charge is 0.355 e. The average Bonchev–Trinajstić information content (AvgIpc) is 3.29. The molecule has 142 valence electrons. The zero-order valence-corrected chi connectivity index (χ0v) is 15.7. The molecular formula is C18H23N7O2. The summed E-state index contributed by atoms with van der Waals surface area (Å²) < 4.78 is 1.70. The van der Waals surface area contributed by atoms with Crippen molar-refractivity contribution < 1.29 is 0 Å². The number of aromatic nitrogens is 6. The third-order valence-corrected chi connectivity index (χ3v) is 5.69. The molecule has 0 spiro atoms. The molecule has 1 unspecified atom stereocenters. The van der Waals surface area contributed by atoms with Gasteiger partial charge in [-0.05, 0) is 31.7 Å². The molecule has 0 amide bonds. The number of nitrogens with one attached hydrogen (secondary N) is 2. The van der Waals surface area contributed by atoms with E-state index in [0.717, 1.165) is 11.2 Å². The molecule has 1 aliphatic rings. The van der Waals surface area contributed by atoms with Crippen LogP contribution >= 0.6 is 0 Å². The Hall–Kier alpha value is -2.97. The van der Waals surface area contributed by atoms with Crippen molar-refractivity contribution in [2.75, 3.05) is 11.9 Å². The molecule has 1 atom stereocenters. The van der Waals surface area contributed by atoms with Gasteiger partial charge in [-0.25, -0.2) is 9.48 Å². The molecule has 0 saturated heterocycles. The highest BCUT2D eigenvalue weighted by Crippen LogP contribution is 2.33. The second-order valence-corrected chi connectivity index (χ2v) is 7.30. The molecule has 2 N–H and O–H groups in total. The van der Waals surface area contributed by atoms with E-state index < -0.39 is 11.2 Å². The second kappa shape index (κ2) is 6.64. The van der Waals surface area contributed by atoms with E-state index in [2.05, 4.69) is 44.1 Å². The molecule has 1 fully saturated rings. The first-order valence-electron chi connectivity index (χ1n) is 9.21. The number of aromatic amines is 2. The minimum absolute atomic E-state index is 0.269. The summed E-state index contributed by atoms with van der Waals surface area (Å²) >= 11 is 0. The van der Waals surface area contributed by atoms with E-state index in [1.165, 1.54) is 31.9 Å². The van der Waals surface area contributed by atoms with E-state index in [4.69, 9.17) is 0 Å². The Morgan fingerprint density at radius 2 is 2.00 bits per heavy atom. The van der Waals surface area contributed by atoms with E-state index in [1.54, 1.807) is 4.68 Å². The van der Waals surface area contributed by atoms with Crippen LogP contribution in [0.4, 0.5) is 5.82 Å². The van der Waals surface area contributed by atoms with Crippen LogP contribution in [0, 0.1) is 5.92 Å². The van der Waals surface area contributed by atoms with Crippen LogP contribution in [0.3, 0.4) is 0 Å². The lowest BCUT2D eigenvalue weighted by molar-refractivity contribution is 0.439. The van der Waals surface area contributed by atoms with Crippen LogP contribution in [0.25, 0.3) is 22.3 Å². The molecule has 0 aliphatic heterocycles. The van der Waals surface area contributed by atoms with Crippen molar-refractivity contribution in [2.24, 2.45) is 13.0 Å². The molecule has 9 nitrogen and oxygen atoms in total. The van der Waals surface area contributed by atoms with E-state index in [1.807, 2.05) is 13.1 Å². The van der Waals surface area contributed by atoms with Crippen LogP contribution < -0.4 is 16.1 Å². The van der Waals surface area contributed by atoms with Gasteiger partial charge in [0, 0.05) is 26.3 Å². The first-order chi connectivity index (χ1) is 13.0. The minimum Gasteiger partial charge on any atom is -0.355 e. The van der Waals surface area contributed by atoms with E-state index in [9.17, 15) is 9.59 Å². The molecule has 1 saturated carbocycles. The van der Waals surface area contributed by atoms with Gasteiger partial charge in [0.1, 0.15) is 5.69 Å². The number of anilines is 1. The van der Waals surface area contributed by atoms with Crippen LogP contribution in [-0.4, -0.2) is 43.0 Å². The summed E-state index contributed by atoms with van der Waals surface area (Å²) in [5.74, 6) is 1.48. The minimum atomic E-state index is -0.551. The number of hydrogen-bond donors (Lipinski definition) is 2. The molecular weight excluding hydrogens is 346 g/mol. The van der Waals surface area contributed by atoms with Gasteiger partial charge in [-0.3, -0.25) is 9.78 Å². The highest BCUT2D eigenvalue weighted by atomic mass is 16.2. The van der Waals surface area contributed by atoms with Crippen molar-refractivity contribution in [3.05, 3.63) is 33.1 Å². The van der Waals surface area contributed by atoms with Crippen molar-refractivity contribution in [3.63, 3.8) is 0 Å². The van der Waals surface area contributed by atoms with Crippen molar-refractivity contribution in [3.8, 4) is 11.3 Å². The SMILES string of the molecule is CC(C1CCCC1)N(C)c1nn(C)c2nnc(-c3c[nH]c(=O)[nH]c3=O)cc12. The number of rotatable bonds is 4. The summed E-state index contributed by atoms with van der Waals surface area (Å²) in [5.41, 5.74) is 0.275. The quantitative estimate of drug-likeness (QED) is 0.719. The Labute approximate surface area is 155 Å². The normalized spacial score (nSPS) is 16.1. The predicted molar refractivity (Wildman–Crippen MR) is 103 cm³/mol. The number of hydrogen-bond acceptors (Lipinski definition) is 6. The Morgan fingerprint density at radius 3 is 2.70 bits per heavy atom. The summed E-state index contributed by atoms with van der Waals surface area (Å²) in [6, 6.07) is 2.17. The lowest BCUT2D eigenvalue weighted by atomic mass is 9.98. The lowest BCUT2D eigenvalue weighted by Gasteiger charge is -2.30. The smallest absolute Gasteiger partial charge is 0.325 e. The van der Waals surface area contributed by atoms with E-state index in [0.29, 0.717) is 23.3 Å². The summed E-state index contributed by atoms with van der Waals surface area (Å²) in [5, 5.41) is 13.9. The maximum Gasteiger partial charge on any atom is 0.325 e. The summed E-state index contributed by atoms with van der Waals surface area (Å²) in [6.07, 6.45) is 6.42. The van der Waals surface area contributed by atoms with E-state index in [-0.39, 0.29) is 5.56 Å². The molecule has 9 heteroatoms. The predicted octanol–water partition coefficient (Wildman–Crippen LogP) is 1.42. The maximum absolute atomic E-state index is 12.1. The third-order valence-electron chi connectivity index (χ3n) is 5.69. The van der Waals surface area contributed by atoms with Gasteiger partial charge >= 0.3 is 5.69 Å². The van der Waals surface area contributed by atoms with Crippen molar-refractivity contribution >= 4 is 16.9 Å². The van der Waals surface area contributed by atoms with Crippen molar-refractivity contribution in [1.82, 2.24) is 29.9 Å². The van der Waals surface area contributed by atoms with Crippen LogP contribution in [0.15, 0.2) is 21.9 Å². The molecule has 3 heterocycles. The van der Waals surface area contributed by atoms with Gasteiger partial charge < -0.3 is 9.88 Å². The highest BCUT2D eigenvalue weighted by molar-refractivity contribution is 5.90. The number of fused-ring (bicyclic) bond motifs is 1. The van der Waals surface area contributed by atoms with Gasteiger partial charge in [0.05, 0.1) is 10.9 Å². The van der Waals surface area contributed by atoms with Gasteiger partial charge in [0.25, 0.3) is 5.56 Å². The average molecular weight is 369 g/mol. The lowest BCUT2D eigenvalue weighted by Crippen LogP contribution is -2.35. The number of H-pyrrole nitrogens is 2. The molecule has 0 aromatic carbocycles. The third kappa shape index (κ3) is 3.02. The van der Waals surface area contributed by atoms with Gasteiger partial charge in [0.2, 0.25) is 0 Å². The Bertz CT molecular complexity index is 1090. The molecule has 3 aromatic heterocycles. The Morgan fingerprint density at radius 1 is 1.26 bits per heavy atom. The first-order valence-corrected chi connectivity index (χ1v) is 9.21. The fourth-order valence-corrected chi connectivity index (χ4v) is 3.97. The first kappa shape index (κ1) is 17.4. The summed E-state index contributed by atoms with van der Waals surface area (Å²) in [6.45, 7) is 2.23. The molecule has 27 heavy (non-hydrogen) atoms. The maximum atomic E-state index is 12.1. The van der Waals surface area contributed by atoms with Crippen LogP contribution in [0.2, 0.25) is 0 Å². The molecule has 0 bridgehead atoms. The summed E-state index contributed by atoms with van der Waals surface area (Å²) in [4.78, 5) is 30.3. The van der Waals surface area contributed by atoms with Crippen molar-refractivity contribution in [1.29, 1.82) is 0 Å². The summed E-state index contributed by atoms with van der Waals surface area (Å²) in [7, 11) is 3.89. The van der Waals surface area contributed by atoms with Crippen LogP contribution in [-0.2, 0) is 7.05 Å². The zero-order chi connectivity index (χ0) is 19.1. The van der Waals surface area contributed by atoms with Crippen molar-refractivity contribution in [2.45, 2.75) is 38.6 Å². The van der Waals surface area contributed by atoms with Gasteiger partial charge in [-0.1, -0.05) is 12.8 Å². The topological polar surface area (TPSA) is 113 Å². The molecule has 4 rings (SSSR count). The number of aryl methyl sites for hydroxylation is 1. The van der Waals surface area contributed by atoms with Crippen LogP contribution in [0.5, 0.6) is 0 Å². The van der Waals surface area contributed by atoms with Gasteiger partial charge in [-0.15, -0.1) is 10.2 Å². The Balaban J connectivity index is 1.79. The molecule has 0 radical (unpaired) electrons. The Kier molecular flexibility index (Phi) is 4.29. The van der Waals surface area contributed by atoms with E-state index >= 15 is 0 Å². The van der Waals surface area contributed by atoms with Crippen LogP contribution in [0.1, 0.15) is 32.6 Å². The van der Waals surface area contributed by atoms with Gasteiger partial charge in [0.15, 0.2) is 11.5 Å². The molecule has 1 aliphatic carbocycles.